The molecule has 116 valence electrons. The summed E-state index contributed by atoms with van der Waals surface area (Å²) in [7, 11) is 3.50. The zero-order chi connectivity index (χ0) is 14.8. The Morgan fingerprint density at radius 2 is 1.86 bits per heavy atom. The molecule has 1 saturated carbocycles. The Balaban J connectivity index is 1.67. The number of rotatable bonds is 6. The second-order valence-corrected chi connectivity index (χ2v) is 6.75. The third kappa shape index (κ3) is 3.59. The number of ether oxygens (including phenoxy) is 2. The van der Waals surface area contributed by atoms with Crippen LogP contribution in [-0.4, -0.2) is 45.6 Å². The van der Waals surface area contributed by atoms with Crippen molar-refractivity contribution in [1.29, 1.82) is 0 Å². The number of halogens is 1. The summed E-state index contributed by atoms with van der Waals surface area (Å²) in [6, 6.07) is 7.36. The molecule has 0 radical (unpaired) electrons. The van der Waals surface area contributed by atoms with Crippen LogP contribution in [0.4, 0.5) is 5.69 Å². The van der Waals surface area contributed by atoms with Gasteiger partial charge in [-0.1, -0.05) is 6.07 Å². The van der Waals surface area contributed by atoms with E-state index >= 15 is 0 Å². The van der Waals surface area contributed by atoms with Gasteiger partial charge in [0.25, 0.3) is 0 Å². The maximum atomic E-state index is 5.51. The quantitative estimate of drug-likeness (QED) is 0.851. The number of anilines is 1. The predicted molar refractivity (Wildman–Crippen MR) is 87.8 cm³/mol. The summed E-state index contributed by atoms with van der Waals surface area (Å²) in [5.74, 6) is 0. The number of nitrogens with one attached hydrogen (secondary N) is 1. The van der Waals surface area contributed by atoms with Gasteiger partial charge in [-0.25, -0.2) is 0 Å². The molecule has 1 aromatic carbocycles. The Morgan fingerprint density at radius 3 is 2.38 bits per heavy atom. The molecule has 2 atom stereocenters. The van der Waals surface area contributed by atoms with Gasteiger partial charge in [0, 0.05) is 44.4 Å². The minimum atomic E-state index is 0.137. The van der Waals surface area contributed by atoms with E-state index in [2.05, 4.69) is 44.3 Å². The molecule has 1 aliphatic heterocycles. The summed E-state index contributed by atoms with van der Waals surface area (Å²) >= 11 is 3.71. The van der Waals surface area contributed by atoms with E-state index in [9.17, 15) is 0 Å². The first-order valence-electron chi connectivity index (χ1n) is 7.53. The molecule has 1 saturated heterocycles. The lowest BCUT2D eigenvalue weighted by atomic mass is 10.2. The molecular formula is C16H23BrN2O2. The fourth-order valence-electron chi connectivity index (χ4n) is 2.86. The van der Waals surface area contributed by atoms with E-state index in [1.807, 2.05) is 0 Å². The first kappa shape index (κ1) is 15.3. The summed E-state index contributed by atoms with van der Waals surface area (Å²) < 4.78 is 12.2. The molecule has 0 aromatic heterocycles. The van der Waals surface area contributed by atoms with Gasteiger partial charge in [0.15, 0.2) is 0 Å². The van der Waals surface area contributed by atoms with E-state index in [0.717, 1.165) is 30.1 Å². The van der Waals surface area contributed by atoms with E-state index in [0.29, 0.717) is 0 Å². The van der Waals surface area contributed by atoms with Crippen molar-refractivity contribution in [3.8, 4) is 0 Å². The monoisotopic (exact) mass is 354 g/mol. The Bertz CT molecular complexity index is 481. The highest BCUT2D eigenvalue weighted by Crippen LogP contribution is 2.31. The van der Waals surface area contributed by atoms with Crippen molar-refractivity contribution in [2.75, 3.05) is 32.2 Å². The Morgan fingerprint density at radius 1 is 1.19 bits per heavy atom. The molecule has 0 amide bonds. The number of hydrogen-bond donors (Lipinski definition) is 1. The highest BCUT2D eigenvalue weighted by atomic mass is 79.9. The van der Waals surface area contributed by atoms with Gasteiger partial charge in [-0.3, -0.25) is 0 Å². The molecule has 4 nitrogen and oxygen atoms in total. The molecule has 0 spiro atoms. The molecular weight excluding hydrogens is 332 g/mol. The number of benzene rings is 1. The van der Waals surface area contributed by atoms with Crippen molar-refractivity contribution in [2.45, 2.75) is 37.6 Å². The van der Waals surface area contributed by atoms with E-state index in [1.54, 1.807) is 14.2 Å². The van der Waals surface area contributed by atoms with Crippen LogP contribution in [0.5, 0.6) is 0 Å². The summed E-state index contributed by atoms with van der Waals surface area (Å²) in [6.45, 7) is 2.69. The molecule has 2 aliphatic rings. The largest absolute Gasteiger partial charge is 0.377 e. The standard InChI is InChI=1S/C16H23BrN2O2/c1-20-15-9-19(10-16(15)21-2)14-6-3-11(7-13(14)17)8-18-12-4-5-12/h3,6-7,12,15-16,18H,4-5,8-10H2,1-2H3. The average molecular weight is 355 g/mol. The van der Waals surface area contributed by atoms with E-state index in [-0.39, 0.29) is 12.2 Å². The number of hydrogen-bond acceptors (Lipinski definition) is 4. The van der Waals surface area contributed by atoms with Crippen LogP contribution in [0.2, 0.25) is 0 Å². The van der Waals surface area contributed by atoms with Gasteiger partial charge in [0.2, 0.25) is 0 Å². The molecule has 21 heavy (non-hydrogen) atoms. The maximum Gasteiger partial charge on any atom is 0.102 e. The third-order valence-electron chi connectivity index (χ3n) is 4.35. The summed E-state index contributed by atoms with van der Waals surface area (Å²) in [4.78, 5) is 2.32. The van der Waals surface area contributed by atoms with Crippen molar-refractivity contribution in [2.24, 2.45) is 0 Å². The topological polar surface area (TPSA) is 33.7 Å². The molecule has 1 aromatic rings. The second-order valence-electron chi connectivity index (χ2n) is 5.89. The lowest BCUT2D eigenvalue weighted by molar-refractivity contribution is -0.00461. The van der Waals surface area contributed by atoms with Crippen LogP contribution in [0.25, 0.3) is 0 Å². The Hall–Kier alpha value is -0.620. The summed E-state index contributed by atoms with van der Waals surface area (Å²) in [5.41, 5.74) is 2.54. The Kier molecular flexibility index (Phi) is 4.84. The van der Waals surface area contributed by atoms with E-state index < -0.39 is 0 Å². The first-order valence-corrected chi connectivity index (χ1v) is 8.33. The Labute approximate surface area is 134 Å². The highest BCUT2D eigenvalue weighted by molar-refractivity contribution is 9.10. The SMILES string of the molecule is COC1CN(c2ccc(CNC3CC3)cc2Br)CC1OC. The molecule has 2 fully saturated rings. The minimum absolute atomic E-state index is 0.137. The van der Waals surface area contributed by atoms with Crippen molar-refractivity contribution in [3.05, 3.63) is 28.2 Å². The first-order chi connectivity index (χ1) is 10.2. The van der Waals surface area contributed by atoms with Crippen LogP contribution in [0.15, 0.2) is 22.7 Å². The van der Waals surface area contributed by atoms with Crippen molar-refractivity contribution >= 4 is 21.6 Å². The van der Waals surface area contributed by atoms with Gasteiger partial charge in [0.1, 0.15) is 12.2 Å². The zero-order valence-corrected chi connectivity index (χ0v) is 14.2. The lowest BCUT2D eigenvalue weighted by Gasteiger charge is -2.20. The van der Waals surface area contributed by atoms with Gasteiger partial charge >= 0.3 is 0 Å². The lowest BCUT2D eigenvalue weighted by Crippen LogP contribution is -2.27. The van der Waals surface area contributed by atoms with Crippen LogP contribution < -0.4 is 10.2 Å². The predicted octanol–water partition coefficient (Wildman–Crippen LogP) is 2.55. The molecule has 5 heteroatoms. The van der Waals surface area contributed by atoms with Crippen molar-refractivity contribution in [1.82, 2.24) is 5.32 Å². The highest BCUT2D eigenvalue weighted by Gasteiger charge is 2.33. The van der Waals surface area contributed by atoms with Gasteiger partial charge in [-0.15, -0.1) is 0 Å². The van der Waals surface area contributed by atoms with E-state index in [1.165, 1.54) is 24.1 Å². The summed E-state index contributed by atoms with van der Waals surface area (Å²) in [6.07, 6.45) is 2.92. The number of methoxy groups -OCH3 is 2. The average Bonchev–Trinajstić information content (AvgIpc) is 3.23. The zero-order valence-electron chi connectivity index (χ0n) is 12.6. The fraction of sp³-hybridized carbons (Fsp3) is 0.625. The minimum Gasteiger partial charge on any atom is -0.377 e. The van der Waals surface area contributed by atoms with Gasteiger partial charge in [0.05, 0.1) is 5.69 Å². The van der Waals surface area contributed by atoms with Crippen LogP contribution in [-0.2, 0) is 16.0 Å². The third-order valence-corrected chi connectivity index (χ3v) is 4.98. The molecule has 1 aliphatic carbocycles. The molecule has 1 N–H and O–H groups in total. The fourth-order valence-corrected chi connectivity index (χ4v) is 3.54. The number of nitrogens with zero attached hydrogens (tertiary/aromatic N) is 1. The van der Waals surface area contributed by atoms with E-state index in [4.69, 9.17) is 9.47 Å². The second kappa shape index (κ2) is 6.65. The molecule has 1 heterocycles. The molecule has 3 rings (SSSR count). The van der Waals surface area contributed by atoms with Crippen molar-refractivity contribution in [3.63, 3.8) is 0 Å². The molecule has 0 bridgehead atoms. The normalized spacial score (nSPS) is 25.6. The van der Waals surface area contributed by atoms with Gasteiger partial charge in [-0.2, -0.15) is 0 Å². The van der Waals surface area contributed by atoms with Crippen molar-refractivity contribution < 1.29 is 9.47 Å². The van der Waals surface area contributed by atoms with Gasteiger partial charge in [-0.05, 0) is 46.5 Å². The van der Waals surface area contributed by atoms with Crippen LogP contribution in [0, 0.1) is 0 Å². The smallest absolute Gasteiger partial charge is 0.102 e. The van der Waals surface area contributed by atoms with Gasteiger partial charge < -0.3 is 19.7 Å². The van der Waals surface area contributed by atoms with Crippen LogP contribution >= 0.6 is 15.9 Å². The van der Waals surface area contributed by atoms with Crippen LogP contribution in [0.1, 0.15) is 18.4 Å². The summed E-state index contributed by atoms with van der Waals surface area (Å²) in [5, 5.41) is 3.55. The van der Waals surface area contributed by atoms with Crippen LogP contribution in [0.3, 0.4) is 0 Å². The maximum absolute atomic E-state index is 5.51. The molecule has 2 unspecified atom stereocenters.